The normalized spacial score (nSPS) is 10.5. The number of aromatic nitrogens is 2. The van der Waals surface area contributed by atoms with Gasteiger partial charge in [0.05, 0.1) is 6.42 Å². The molecule has 0 aliphatic heterocycles. The third-order valence-electron chi connectivity index (χ3n) is 3.06. The van der Waals surface area contributed by atoms with Crippen molar-refractivity contribution in [3.05, 3.63) is 66.2 Å². The van der Waals surface area contributed by atoms with Crippen molar-refractivity contribution in [1.29, 1.82) is 0 Å². The second-order valence-electron chi connectivity index (χ2n) is 4.58. The summed E-state index contributed by atoms with van der Waals surface area (Å²) in [6.45, 7) is 0. The summed E-state index contributed by atoms with van der Waals surface area (Å²) in [4.78, 5) is 12.2. The predicted molar refractivity (Wildman–Crippen MR) is 77.3 cm³/mol. The molecule has 0 bridgehead atoms. The van der Waals surface area contributed by atoms with Crippen LogP contribution in [-0.4, -0.2) is 11.0 Å². The van der Waals surface area contributed by atoms with Crippen molar-refractivity contribution in [3.8, 4) is 11.5 Å². The smallest absolute Gasteiger partial charge is 0.367 e. The Morgan fingerprint density at radius 3 is 2.33 bits per heavy atom. The first-order valence-electron chi connectivity index (χ1n) is 6.55. The van der Waals surface area contributed by atoms with Gasteiger partial charge in [0, 0.05) is 5.56 Å². The Balaban J connectivity index is 1.86. The number of hydrogen-bond donors (Lipinski definition) is 1. The van der Waals surface area contributed by atoms with Crippen LogP contribution >= 0.6 is 0 Å². The largest absolute Gasteiger partial charge is 0.483 e. The molecule has 0 saturated carbocycles. The minimum absolute atomic E-state index is 0.0187. The maximum Gasteiger partial charge on any atom is 0.483 e. The topological polar surface area (TPSA) is 73.0 Å². The maximum atomic E-state index is 12.2. The van der Waals surface area contributed by atoms with Gasteiger partial charge >= 0.3 is 11.9 Å². The summed E-state index contributed by atoms with van der Waals surface area (Å²) in [5.41, 5.74) is 7.42. The summed E-state index contributed by atoms with van der Waals surface area (Å²) in [6.07, 6.45) is 0.219. The molecule has 5 nitrogen and oxygen atoms in total. The Morgan fingerprint density at radius 2 is 1.67 bits per heavy atom. The van der Waals surface area contributed by atoms with E-state index in [4.69, 9.17) is 10.2 Å². The van der Waals surface area contributed by atoms with Crippen LogP contribution in [0.1, 0.15) is 10.4 Å². The van der Waals surface area contributed by atoms with E-state index in [-0.39, 0.29) is 18.3 Å². The quantitative estimate of drug-likeness (QED) is 0.746. The molecular weight excluding hydrogens is 266 g/mol. The molecule has 0 fully saturated rings. The zero-order chi connectivity index (χ0) is 14.7. The van der Waals surface area contributed by atoms with Gasteiger partial charge in [-0.05, 0) is 27.5 Å². The van der Waals surface area contributed by atoms with Gasteiger partial charge in [0.15, 0.2) is 0 Å². The highest BCUT2D eigenvalue weighted by Gasteiger charge is 2.24. The van der Waals surface area contributed by atoms with Gasteiger partial charge in [-0.2, -0.15) is 0 Å². The van der Waals surface area contributed by atoms with Crippen molar-refractivity contribution in [2.75, 3.05) is 5.73 Å². The number of hydrogen-bond acceptors (Lipinski definition) is 4. The minimum Gasteiger partial charge on any atom is -0.367 e. The summed E-state index contributed by atoms with van der Waals surface area (Å²) in [5, 5.41) is 4.15. The van der Waals surface area contributed by atoms with Crippen LogP contribution < -0.4 is 10.4 Å². The summed E-state index contributed by atoms with van der Waals surface area (Å²) >= 11 is 0. The first-order chi connectivity index (χ1) is 10.2. The second kappa shape index (κ2) is 5.58. The van der Waals surface area contributed by atoms with Gasteiger partial charge in [-0.1, -0.05) is 48.5 Å². The molecule has 3 rings (SSSR count). The molecule has 1 aromatic heterocycles. The molecule has 0 saturated heterocycles. The number of rotatable bonds is 3. The number of nitrogen functional groups attached to an aromatic ring is 1. The van der Waals surface area contributed by atoms with E-state index >= 15 is 0 Å². The fourth-order valence-electron chi connectivity index (χ4n) is 2.02. The summed E-state index contributed by atoms with van der Waals surface area (Å²) in [6, 6.07) is 18.7. The lowest BCUT2D eigenvalue weighted by molar-refractivity contribution is -0.622. The van der Waals surface area contributed by atoms with Crippen molar-refractivity contribution in [3.63, 3.8) is 0 Å². The van der Waals surface area contributed by atoms with Crippen LogP contribution in [0.25, 0.3) is 11.5 Å². The lowest BCUT2D eigenvalue weighted by Gasteiger charge is -1.95. The average Bonchev–Trinajstić information content (AvgIpc) is 2.91. The minimum atomic E-state index is -0.232. The molecule has 0 aliphatic rings. The molecule has 0 spiro atoms. The number of carbonyl (C=O) groups is 1. The highest BCUT2D eigenvalue weighted by atomic mass is 16.4. The zero-order valence-electron chi connectivity index (χ0n) is 11.3. The van der Waals surface area contributed by atoms with Gasteiger partial charge in [-0.15, -0.1) is 0 Å². The average molecular weight is 280 g/mol. The monoisotopic (exact) mass is 280 g/mol. The van der Waals surface area contributed by atoms with Crippen molar-refractivity contribution < 1.29 is 13.9 Å². The lowest BCUT2D eigenvalue weighted by atomic mass is 10.1. The highest BCUT2D eigenvalue weighted by molar-refractivity contribution is 5.70. The molecule has 21 heavy (non-hydrogen) atoms. The fourth-order valence-corrected chi connectivity index (χ4v) is 2.02. The number of benzene rings is 2. The molecule has 2 N–H and O–H groups in total. The van der Waals surface area contributed by atoms with Gasteiger partial charge in [0.1, 0.15) is 0 Å². The van der Waals surface area contributed by atoms with Crippen LogP contribution in [-0.2, 0) is 6.42 Å². The zero-order valence-corrected chi connectivity index (χ0v) is 11.3. The van der Waals surface area contributed by atoms with Crippen LogP contribution in [0.4, 0.5) is 6.01 Å². The fraction of sp³-hybridized carbons (Fsp3) is 0.0625. The molecular formula is C16H14N3O2+. The van der Waals surface area contributed by atoms with Gasteiger partial charge in [-0.3, -0.25) is 5.73 Å². The van der Waals surface area contributed by atoms with Crippen LogP contribution in [0.5, 0.6) is 0 Å². The van der Waals surface area contributed by atoms with E-state index in [9.17, 15) is 4.79 Å². The first-order valence-corrected chi connectivity index (χ1v) is 6.55. The van der Waals surface area contributed by atoms with E-state index in [0.29, 0.717) is 5.89 Å². The standard InChI is InChI=1S/C16H13N3O2/c17-16-19(14(20)11-12-7-3-1-4-8-12)18-15(21-16)13-9-5-2-6-10-13/h1-10,17H,11H2/p+1. The van der Waals surface area contributed by atoms with Crippen LogP contribution in [0.2, 0.25) is 0 Å². The molecule has 1 heterocycles. The molecule has 0 unspecified atom stereocenters. The molecule has 104 valence electrons. The van der Waals surface area contributed by atoms with Gasteiger partial charge in [-0.25, -0.2) is 4.79 Å². The van der Waals surface area contributed by atoms with Gasteiger partial charge in [0.2, 0.25) is 0 Å². The van der Waals surface area contributed by atoms with Crippen molar-refractivity contribution >= 4 is 11.9 Å². The first kappa shape index (κ1) is 13.1. The van der Waals surface area contributed by atoms with Crippen LogP contribution in [0.15, 0.2) is 65.1 Å². The van der Waals surface area contributed by atoms with Crippen molar-refractivity contribution in [2.45, 2.75) is 6.42 Å². The second-order valence-corrected chi connectivity index (χ2v) is 4.58. The molecule has 2 aromatic carbocycles. The molecule has 5 heteroatoms. The van der Waals surface area contributed by atoms with Crippen LogP contribution in [0.3, 0.4) is 0 Å². The number of anilines is 1. The van der Waals surface area contributed by atoms with E-state index in [0.717, 1.165) is 15.8 Å². The molecule has 0 atom stereocenters. The van der Waals surface area contributed by atoms with E-state index in [1.165, 1.54) is 0 Å². The van der Waals surface area contributed by atoms with Gasteiger partial charge in [0.25, 0.3) is 5.89 Å². The lowest BCUT2D eigenvalue weighted by Crippen LogP contribution is -2.47. The van der Waals surface area contributed by atoms with Crippen molar-refractivity contribution in [2.24, 2.45) is 0 Å². The number of carbonyl (C=O) groups excluding carboxylic acids is 1. The van der Waals surface area contributed by atoms with E-state index < -0.39 is 0 Å². The Morgan fingerprint density at radius 1 is 1.05 bits per heavy atom. The van der Waals surface area contributed by atoms with E-state index in [1.54, 1.807) is 0 Å². The Bertz CT molecular complexity index is 752. The summed E-state index contributed by atoms with van der Waals surface area (Å²) in [7, 11) is 0. The Kier molecular flexibility index (Phi) is 3.47. The SMILES string of the molecule is Nc1oc(-c2ccccc2)n[n+]1C(=O)Cc1ccccc1. The highest BCUT2D eigenvalue weighted by Crippen LogP contribution is 2.16. The third-order valence-corrected chi connectivity index (χ3v) is 3.06. The Labute approximate surface area is 121 Å². The molecule has 3 aromatic rings. The maximum absolute atomic E-state index is 12.2. The summed E-state index contributed by atoms with van der Waals surface area (Å²) < 4.78 is 6.47. The number of nitrogens with two attached hydrogens (primary N) is 1. The van der Waals surface area contributed by atoms with Crippen LogP contribution in [0, 0.1) is 0 Å². The predicted octanol–water partition coefficient (Wildman–Crippen LogP) is 2.09. The Hall–Kier alpha value is -2.95. The van der Waals surface area contributed by atoms with Crippen molar-refractivity contribution in [1.82, 2.24) is 5.10 Å². The van der Waals surface area contributed by atoms with E-state index in [1.807, 2.05) is 60.7 Å². The van der Waals surface area contributed by atoms with Gasteiger partial charge < -0.3 is 4.42 Å². The number of nitrogens with zero attached hydrogens (tertiary/aromatic N) is 2. The summed E-state index contributed by atoms with van der Waals surface area (Å²) in [5.74, 6) is 0.0964. The molecule has 0 amide bonds. The van der Waals surface area contributed by atoms with E-state index in [2.05, 4.69) is 5.10 Å². The molecule has 0 radical (unpaired) electrons. The molecule has 0 aliphatic carbocycles. The third kappa shape index (κ3) is 2.81.